The standard InChI is InChI=1S/C12H15NO3/c1-12(2)9(10(12)11(14)15)7-4-8(16-3)6-13-5-7/h4-6,9-10H,1-3H3,(H,14,15). The van der Waals surface area contributed by atoms with Crippen LogP contribution >= 0.6 is 0 Å². The fourth-order valence-corrected chi connectivity index (χ4v) is 2.44. The molecular weight excluding hydrogens is 206 g/mol. The molecule has 2 unspecified atom stereocenters. The number of pyridine rings is 1. The average molecular weight is 221 g/mol. The molecule has 2 atom stereocenters. The van der Waals surface area contributed by atoms with Crippen molar-refractivity contribution in [1.29, 1.82) is 0 Å². The lowest BCUT2D eigenvalue weighted by Crippen LogP contribution is -2.03. The maximum Gasteiger partial charge on any atom is 0.307 e. The second-order valence-electron chi connectivity index (χ2n) is 4.77. The lowest BCUT2D eigenvalue weighted by Gasteiger charge is -2.04. The molecule has 1 saturated carbocycles. The van der Waals surface area contributed by atoms with Crippen molar-refractivity contribution in [3.05, 3.63) is 24.0 Å². The number of carboxylic acid groups (broad SMARTS) is 1. The number of carboxylic acids is 1. The first-order chi connectivity index (χ1) is 7.48. The molecule has 1 N–H and O–H groups in total. The molecule has 1 aliphatic rings. The van der Waals surface area contributed by atoms with Crippen LogP contribution in [0.4, 0.5) is 0 Å². The van der Waals surface area contributed by atoms with E-state index in [0.717, 1.165) is 5.56 Å². The van der Waals surface area contributed by atoms with Gasteiger partial charge in [0.15, 0.2) is 0 Å². The maximum absolute atomic E-state index is 11.1. The second-order valence-corrected chi connectivity index (χ2v) is 4.77. The Morgan fingerprint density at radius 3 is 2.69 bits per heavy atom. The molecule has 0 aliphatic heterocycles. The van der Waals surface area contributed by atoms with Gasteiger partial charge in [-0.3, -0.25) is 9.78 Å². The van der Waals surface area contributed by atoms with Crippen LogP contribution < -0.4 is 4.74 Å². The maximum atomic E-state index is 11.1. The highest BCUT2D eigenvalue weighted by Crippen LogP contribution is 2.64. The first-order valence-electron chi connectivity index (χ1n) is 5.20. The first kappa shape index (κ1) is 10.9. The number of hydrogen-bond acceptors (Lipinski definition) is 3. The van der Waals surface area contributed by atoms with Gasteiger partial charge in [0, 0.05) is 12.1 Å². The Labute approximate surface area is 94.3 Å². The zero-order chi connectivity index (χ0) is 11.9. The van der Waals surface area contributed by atoms with Gasteiger partial charge in [0.25, 0.3) is 0 Å². The van der Waals surface area contributed by atoms with Crippen molar-refractivity contribution in [1.82, 2.24) is 4.98 Å². The molecule has 1 fully saturated rings. The fourth-order valence-electron chi connectivity index (χ4n) is 2.44. The molecule has 1 aliphatic carbocycles. The second kappa shape index (κ2) is 3.47. The van der Waals surface area contributed by atoms with Crippen LogP contribution in [0.25, 0.3) is 0 Å². The summed E-state index contributed by atoms with van der Waals surface area (Å²) in [6.45, 7) is 3.94. The minimum Gasteiger partial charge on any atom is -0.495 e. The van der Waals surface area contributed by atoms with Gasteiger partial charge in [0.1, 0.15) is 5.75 Å². The highest BCUT2D eigenvalue weighted by molar-refractivity contribution is 5.77. The van der Waals surface area contributed by atoms with Crippen molar-refractivity contribution >= 4 is 5.97 Å². The number of nitrogens with zero attached hydrogens (tertiary/aromatic N) is 1. The summed E-state index contributed by atoms with van der Waals surface area (Å²) in [5, 5.41) is 9.10. The van der Waals surface area contributed by atoms with E-state index in [-0.39, 0.29) is 17.3 Å². The average Bonchev–Trinajstić information content (AvgIpc) is 2.82. The molecule has 4 nitrogen and oxygen atoms in total. The molecule has 16 heavy (non-hydrogen) atoms. The van der Waals surface area contributed by atoms with Crippen LogP contribution in [0, 0.1) is 11.3 Å². The third-order valence-electron chi connectivity index (χ3n) is 3.42. The zero-order valence-corrected chi connectivity index (χ0v) is 9.60. The summed E-state index contributed by atoms with van der Waals surface area (Å²) in [5.41, 5.74) is 0.747. The molecule has 1 heterocycles. The number of ether oxygens (including phenoxy) is 1. The molecule has 0 radical (unpaired) electrons. The van der Waals surface area contributed by atoms with Gasteiger partial charge in [-0.2, -0.15) is 0 Å². The van der Waals surface area contributed by atoms with E-state index in [1.54, 1.807) is 19.5 Å². The summed E-state index contributed by atoms with van der Waals surface area (Å²) < 4.78 is 5.09. The van der Waals surface area contributed by atoms with Gasteiger partial charge in [0.05, 0.1) is 19.2 Å². The van der Waals surface area contributed by atoms with Crippen LogP contribution in [0.5, 0.6) is 5.75 Å². The predicted octanol–water partition coefficient (Wildman–Crippen LogP) is 1.91. The number of hydrogen-bond donors (Lipinski definition) is 1. The van der Waals surface area contributed by atoms with E-state index in [9.17, 15) is 4.79 Å². The summed E-state index contributed by atoms with van der Waals surface area (Å²) in [6.07, 6.45) is 3.34. The molecule has 0 aromatic carbocycles. The topological polar surface area (TPSA) is 59.4 Å². The Balaban J connectivity index is 2.29. The molecule has 86 valence electrons. The first-order valence-corrected chi connectivity index (χ1v) is 5.20. The zero-order valence-electron chi connectivity index (χ0n) is 9.60. The van der Waals surface area contributed by atoms with Crippen molar-refractivity contribution in [2.45, 2.75) is 19.8 Å². The molecule has 1 aromatic rings. The predicted molar refractivity (Wildman–Crippen MR) is 58.4 cm³/mol. The van der Waals surface area contributed by atoms with Crippen LogP contribution in [0.15, 0.2) is 18.5 Å². The minimum atomic E-state index is -0.738. The summed E-state index contributed by atoms with van der Waals surface area (Å²) in [6, 6.07) is 1.86. The van der Waals surface area contributed by atoms with E-state index in [0.29, 0.717) is 5.75 Å². The molecule has 0 amide bonds. The monoisotopic (exact) mass is 221 g/mol. The molecular formula is C12H15NO3. The Kier molecular flexibility index (Phi) is 2.37. The van der Waals surface area contributed by atoms with E-state index in [2.05, 4.69) is 4.98 Å². The van der Waals surface area contributed by atoms with Gasteiger partial charge in [-0.25, -0.2) is 0 Å². The largest absolute Gasteiger partial charge is 0.495 e. The summed E-state index contributed by atoms with van der Waals surface area (Å²) in [7, 11) is 1.58. The smallest absolute Gasteiger partial charge is 0.307 e. The van der Waals surface area contributed by atoms with Crippen LogP contribution in [-0.4, -0.2) is 23.2 Å². The van der Waals surface area contributed by atoms with Gasteiger partial charge in [0.2, 0.25) is 0 Å². The summed E-state index contributed by atoms with van der Waals surface area (Å²) in [5.74, 6) is -0.351. The summed E-state index contributed by atoms with van der Waals surface area (Å²) in [4.78, 5) is 15.1. The van der Waals surface area contributed by atoms with Crippen LogP contribution in [0.2, 0.25) is 0 Å². The molecule has 2 rings (SSSR count). The molecule has 0 saturated heterocycles. The quantitative estimate of drug-likeness (QED) is 0.847. The van der Waals surface area contributed by atoms with Gasteiger partial charge in [-0.05, 0) is 17.0 Å². The van der Waals surface area contributed by atoms with Crippen LogP contribution in [-0.2, 0) is 4.79 Å². The van der Waals surface area contributed by atoms with Crippen molar-refractivity contribution in [3.8, 4) is 5.75 Å². The lowest BCUT2D eigenvalue weighted by molar-refractivity contribution is -0.139. The third kappa shape index (κ3) is 1.54. The molecule has 0 spiro atoms. The van der Waals surface area contributed by atoms with Crippen molar-refractivity contribution in [3.63, 3.8) is 0 Å². The number of aliphatic carboxylic acids is 1. The third-order valence-corrected chi connectivity index (χ3v) is 3.42. The highest BCUT2D eigenvalue weighted by atomic mass is 16.5. The normalized spacial score (nSPS) is 26.2. The van der Waals surface area contributed by atoms with Gasteiger partial charge < -0.3 is 9.84 Å². The van der Waals surface area contributed by atoms with E-state index in [1.165, 1.54) is 0 Å². The summed E-state index contributed by atoms with van der Waals surface area (Å²) >= 11 is 0. The number of methoxy groups -OCH3 is 1. The Hall–Kier alpha value is -1.58. The number of rotatable bonds is 3. The van der Waals surface area contributed by atoms with E-state index in [4.69, 9.17) is 9.84 Å². The SMILES string of the molecule is COc1cncc(C2C(C(=O)O)C2(C)C)c1. The molecule has 1 aromatic heterocycles. The van der Waals surface area contributed by atoms with Crippen molar-refractivity contribution < 1.29 is 14.6 Å². The van der Waals surface area contributed by atoms with E-state index in [1.807, 2.05) is 19.9 Å². The van der Waals surface area contributed by atoms with Crippen molar-refractivity contribution in [2.24, 2.45) is 11.3 Å². The lowest BCUT2D eigenvalue weighted by atomic mass is 10.0. The van der Waals surface area contributed by atoms with Crippen LogP contribution in [0.3, 0.4) is 0 Å². The highest BCUT2D eigenvalue weighted by Gasteiger charge is 2.62. The molecule has 4 heteroatoms. The Morgan fingerprint density at radius 1 is 1.50 bits per heavy atom. The van der Waals surface area contributed by atoms with Crippen molar-refractivity contribution in [2.75, 3.05) is 7.11 Å². The number of aromatic nitrogens is 1. The van der Waals surface area contributed by atoms with Crippen LogP contribution in [0.1, 0.15) is 25.3 Å². The van der Waals surface area contributed by atoms with Gasteiger partial charge in [-0.15, -0.1) is 0 Å². The van der Waals surface area contributed by atoms with E-state index < -0.39 is 5.97 Å². The van der Waals surface area contributed by atoms with Gasteiger partial charge in [-0.1, -0.05) is 13.8 Å². The molecule has 0 bridgehead atoms. The van der Waals surface area contributed by atoms with E-state index >= 15 is 0 Å². The Morgan fingerprint density at radius 2 is 2.19 bits per heavy atom. The number of carbonyl (C=O) groups is 1. The Bertz CT molecular complexity index is 428. The fraction of sp³-hybridized carbons (Fsp3) is 0.500. The van der Waals surface area contributed by atoms with Gasteiger partial charge >= 0.3 is 5.97 Å². The minimum absolute atomic E-state index is 0.0348.